The third-order valence-corrected chi connectivity index (χ3v) is 4.39. The van der Waals surface area contributed by atoms with Gasteiger partial charge in [0.05, 0.1) is 5.60 Å². The van der Waals surface area contributed by atoms with E-state index in [1.165, 1.54) is 12.2 Å². The Morgan fingerprint density at radius 2 is 1.59 bits per heavy atom. The first-order chi connectivity index (χ1) is 12.5. The van der Waals surface area contributed by atoms with Crippen LogP contribution in [0.25, 0.3) is 0 Å². The van der Waals surface area contributed by atoms with Gasteiger partial charge in [0.15, 0.2) is 0 Å². The van der Waals surface area contributed by atoms with Crippen molar-refractivity contribution >= 4 is 23.6 Å². The highest BCUT2D eigenvalue weighted by molar-refractivity contribution is 6.13. The molecule has 0 aromatic carbocycles. The van der Waals surface area contributed by atoms with Crippen LogP contribution in [0.2, 0.25) is 0 Å². The molecule has 0 saturated carbocycles. The fraction of sp³-hybridized carbons (Fsp3) is 0.684. The quantitative estimate of drug-likeness (QED) is 0.518. The molecule has 0 unspecified atom stereocenters. The first-order valence-corrected chi connectivity index (χ1v) is 9.15. The Hall–Kier alpha value is -2.22. The number of carbonyl (C=O) groups is 4. The molecule has 0 spiro atoms. The Bertz CT molecular complexity index is 592. The summed E-state index contributed by atoms with van der Waals surface area (Å²) < 4.78 is 5.87. The van der Waals surface area contributed by atoms with E-state index in [0.717, 1.165) is 4.90 Å². The maximum atomic E-state index is 12.1. The monoisotopic (exact) mass is 381 g/mol. The molecule has 8 nitrogen and oxygen atoms in total. The van der Waals surface area contributed by atoms with Crippen molar-refractivity contribution in [1.82, 2.24) is 15.5 Å². The molecule has 1 rings (SSSR count). The maximum Gasteiger partial charge on any atom is 0.253 e. The SMILES string of the molecule is CNC(=O)CCC(C)(C)OCCC(C)(C)NC(=O)CCN1C(=O)C=CC1=O. The number of imide groups is 1. The zero-order valence-electron chi connectivity index (χ0n) is 16.9. The highest BCUT2D eigenvalue weighted by atomic mass is 16.5. The van der Waals surface area contributed by atoms with Gasteiger partial charge in [-0.25, -0.2) is 0 Å². The lowest BCUT2D eigenvalue weighted by atomic mass is 9.99. The summed E-state index contributed by atoms with van der Waals surface area (Å²) in [7, 11) is 1.60. The molecule has 4 amide bonds. The van der Waals surface area contributed by atoms with Gasteiger partial charge in [-0.1, -0.05) is 0 Å². The van der Waals surface area contributed by atoms with Crippen LogP contribution in [0, 0.1) is 0 Å². The second kappa shape index (κ2) is 9.64. The van der Waals surface area contributed by atoms with E-state index in [2.05, 4.69) is 10.6 Å². The Labute approximate surface area is 160 Å². The van der Waals surface area contributed by atoms with Crippen LogP contribution in [0.3, 0.4) is 0 Å². The predicted octanol–water partition coefficient (Wildman–Crippen LogP) is 0.908. The second-order valence-corrected chi connectivity index (χ2v) is 7.87. The lowest BCUT2D eigenvalue weighted by molar-refractivity contribution is -0.137. The molecule has 0 aromatic heterocycles. The third-order valence-electron chi connectivity index (χ3n) is 4.39. The molecule has 0 bridgehead atoms. The van der Waals surface area contributed by atoms with Crippen LogP contribution in [-0.4, -0.2) is 59.9 Å². The molecule has 0 atom stereocenters. The van der Waals surface area contributed by atoms with E-state index in [1.54, 1.807) is 7.05 Å². The average molecular weight is 381 g/mol. The van der Waals surface area contributed by atoms with E-state index >= 15 is 0 Å². The van der Waals surface area contributed by atoms with Gasteiger partial charge in [-0.05, 0) is 40.5 Å². The molecule has 0 radical (unpaired) electrons. The van der Waals surface area contributed by atoms with E-state index in [1.807, 2.05) is 27.7 Å². The molecule has 0 fully saturated rings. The van der Waals surface area contributed by atoms with Crippen molar-refractivity contribution in [1.29, 1.82) is 0 Å². The Morgan fingerprint density at radius 1 is 1.00 bits per heavy atom. The number of hydrogen-bond donors (Lipinski definition) is 2. The third kappa shape index (κ3) is 8.34. The van der Waals surface area contributed by atoms with Crippen molar-refractivity contribution in [3.63, 3.8) is 0 Å². The minimum atomic E-state index is -0.495. The molecule has 152 valence electrons. The van der Waals surface area contributed by atoms with Gasteiger partial charge in [-0.15, -0.1) is 0 Å². The number of amides is 4. The summed E-state index contributed by atoms with van der Waals surface area (Å²) in [6.07, 6.45) is 4.05. The zero-order valence-corrected chi connectivity index (χ0v) is 16.9. The topological polar surface area (TPSA) is 105 Å². The number of rotatable bonds is 11. The Balaban J connectivity index is 2.33. The molecule has 0 aliphatic carbocycles. The molecular formula is C19H31N3O5. The van der Waals surface area contributed by atoms with Crippen LogP contribution in [0.1, 0.15) is 53.4 Å². The van der Waals surface area contributed by atoms with Crippen LogP contribution >= 0.6 is 0 Å². The van der Waals surface area contributed by atoms with Crippen molar-refractivity contribution in [2.24, 2.45) is 0 Å². The molecule has 0 saturated heterocycles. The fourth-order valence-corrected chi connectivity index (χ4v) is 2.56. The van der Waals surface area contributed by atoms with E-state index in [4.69, 9.17) is 4.74 Å². The number of nitrogens with zero attached hydrogens (tertiary/aromatic N) is 1. The number of carbonyl (C=O) groups excluding carboxylic acids is 4. The largest absolute Gasteiger partial charge is 0.375 e. The first kappa shape index (κ1) is 22.8. The standard InChI is InChI=1S/C19H31N3O5/c1-18(2,11-13-27-19(3,4)10-8-14(23)20-5)21-15(24)9-12-22-16(25)6-7-17(22)26/h6-7H,8-13H2,1-5H3,(H,20,23)(H,21,24). The van der Waals surface area contributed by atoms with Crippen LogP contribution < -0.4 is 10.6 Å². The molecule has 0 aromatic rings. The molecule has 8 heteroatoms. The second-order valence-electron chi connectivity index (χ2n) is 7.87. The van der Waals surface area contributed by atoms with Gasteiger partial charge in [0.1, 0.15) is 0 Å². The summed E-state index contributed by atoms with van der Waals surface area (Å²) >= 11 is 0. The number of ether oxygens (including phenoxy) is 1. The maximum absolute atomic E-state index is 12.1. The lowest BCUT2D eigenvalue weighted by Crippen LogP contribution is -2.46. The van der Waals surface area contributed by atoms with Gasteiger partial charge < -0.3 is 15.4 Å². The van der Waals surface area contributed by atoms with Crippen molar-refractivity contribution in [2.75, 3.05) is 20.2 Å². The van der Waals surface area contributed by atoms with Gasteiger partial charge in [0, 0.05) is 50.7 Å². The smallest absolute Gasteiger partial charge is 0.253 e. The van der Waals surface area contributed by atoms with Crippen LogP contribution in [0.5, 0.6) is 0 Å². The number of hydrogen-bond acceptors (Lipinski definition) is 5. The van der Waals surface area contributed by atoms with Gasteiger partial charge >= 0.3 is 0 Å². The van der Waals surface area contributed by atoms with Crippen molar-refractivity contribution < 1.29 is 23.9 Å². The van der Waals surface area contributed by atoms with Crippen molar-refractivity contribution in [3.8, 4) is 0 Å². The van der Waals surface area contributed by atoms with Gasteiger partial charge in [-0.3, -0.25) is 24.1 Å². The van der Waals surface area contributed by atoms with Crippen LogP contribution in [0.4, 0.5) is 0 Å². The summed E-state index contributed by atoms with van der Waals surface area (Å²) in [5, 5.41) is 5.49. The van der Waals surface area contributed by atoms with E-state index in [-0.39, 0.29) is 36.6 Å². The average Bonchev–Trinajstić information content (AvgIpc) is 2.88. The van der Waals surface area contributed by atoms with Crippen LogP contribution in [-0.2, 0) is 23.9 Å². The fourth-order valence-electron chi connectivity index (χ4n) is 2.56. The Morgan fingerprint density at radius 3 is 2.15 bits per heavy atom. The molecule has 1 heterocycles. The van der Waals surface area contributed by atoms with Crippen molar-refractivity contribution in [2.45, 2.75) is 64.5 Å². The highest BCUT2D eigenvalue weighted by Gasteiger charge is 2.26. The van der Waals surface area contributed by atoms with Gasteiger partial charge in [0.25, 0.3) is 11.8 Å². The van der Waals surface area contributed by atoms with E-state index in [0.29, 0.717) is 25.9 Å². The van der Waals surface area contributed by atoms with Crippen LogP contribution in [0.15, 0.2) is 12.2 Å². The summed E-state index contributed by atoms with van der Waals surface area (Å²) in [4.78, 5) is 47.5. The first-order valence-electron chi connectivity index (χ1n) is 9.15. The Kier molecular flexibility index (Phi) is 8.15. The van der Waals surface area contributed by atoms with E-state index < -0.39 is 11.1 Å². The predicted molar refractivity (Wildman–Crippen MR) is 101 cm³/mol. The van der Waals surface area contributed by atoms with E-state index in [9.17, 15) is 19.2 Å². The molecule has 1 aliphatic heterocycles. The lowest BCUT2D eigenvalue weighted by Gasteiger charge is -2.30. The summed E-state index contributed by atoms with van der Waals surface area (Å²) in [6.45, 7) is 8.13. The van der Waals surface area contributed by atoms with Gasteiger partial charge in [-0.2, -0.15) is 0 Å². The summed E-state index contributed by atoms with van der Waals surface area (Å²) in [6, 6.07) is 0. The molecular weight excluding hydrogens is 350 g/mol. The number of nitrogens with one attached hydrogen (secondary N) is 2. The summed E-state index contributed by atoms with van der Waals surface area (Å²) in [5.41, 5.74) is -0.929. The molecule has 1 aliphatic rings. The molecule has 27 heavy (non-hydrogen) atoms. The normalized spacial score (nSPS) is 14.6. The minimum Gasteiger partial charge on any atom is -0.375 e. The minimum absolute atomic E-state index is 0.0237. The van der Waals surface area contributed by atoms with Crippen molar-refractivity contribution in [3.05, 3.63) is 12.2 Å². The highest BCUT2D eigenvalue weighted by Crippen LogP contribution is 2.19. The zero-order chi connectivity index (χ0) is 20.7. The summed E-state index contributed by atoms with van der Waals surface area (Å²) in [5.74, 6) is -1.03. The van der Waals surface area contributed by atoms with Gasteiger partial charge in [0.2, 0.25) is 11.8 Å². The molecule has 2 N–H and O–H groups in total.